The largest absolute Gasteiger partial charge is 0.481 e. The van der Waals surface area contributed by atoms with Crippen molar-refractivity contribution in [3.05, 3.63) is 52.9 Å². The molecule has 0 spiro atoms. The third-order valence-electron chi connectivity index (χ3n) is 4.07. The Kier molecular flexibility index (Phi) is 7.60. The molecule has 1 fully saturated rings. The first-order valence-electron chi connectivity index (χ1n) is 8.57. The van der Waals surface area contributed by atoms with E-state index in [0.29, 0.717) is 16.0 Å². The summed E-state index contributed by atoms with van der Waals surface area (Å²) in [6, 6.07) is 8.21. The third-order valence-corrected chi connectivity index (χ3v) is 4.76. The number of likely N-dealkylation sites (tertiary alicyclic amines) is 1. The molecule has 2 aromatic rings. The van der Waals surface area contributed by atoms with Crippen molar-refractivity contribution in [1.29, 1.82) is 0 Å². The number of anilines is 1. The Labute approximate surface area is 164 Å². The molecule has 4 nitrogen and oxygen atoms in total. The number of benzene rings is 1. The summed E-state index contributed by atoms with van der Waals surface area (Å²) in [6.45, 7) is 5.58. The molecular formula is C19H23ClFN3OS. The van der Waals surface area contributed by atoms with E-state index in [9.17, 15) is 4.39 Å². The summed E-state index contributed by atoms with van der Waals surface area (Å²) in [5.74, 6) is 0.480. The summed E-state index contributed by atoms with van der Waals surface area (Å²) >= 11 is 11.6. The Morgan fingerprint density at radius 1 is 1.35 bits per heavy atom. The molecule has 0 aliphatic carbocycles. The van der Waals surface area contributed by atoms with Gasteiger partial charge in [0.05, 0.1) is 19.0 Å². The number of ether oxygens (including phenoxy) is 1. The predicted molar refractivity (Wildman–Crippen MR) is 109 cm³/mol. The molecule has 140 valence electrons. The van der Waals surface area contributed by atoms with Crippen LogP contribution in [0.15, 0.2) is 36.5 Å². The first-order chi connectivity index (χ1) is 12.6. The van der Waals surface area contributed by atoms with E-state index in [4.69, 9.17) is 28.6 Å². The van der Waals surface area contributed by atoms with Gasteiger partial charge in [-0.3, -0.25) is 0 Å². The zero-order valence-electron chi connectivity index (χ0n) is 15.1. The van der Waals surface area contributed by atoms with Crippen LogP contribution in [0.1, 0.15) is 31.7 Å². The van der Waals surface area contributed by atoms with Gasteiger partial charge in [-0.15, -0.1) is 0 Å². The first kappa shape index (κ1) is 20.4. The predicted octanol–water partition coefficient (Wildman–Crippen LogP) is 5.10. The third kappa shape index (κ3) is 5.05. The van der Waals surface area contributed by atoms with Gasteiger partial charge < -0.3 is 15.0 Å². The van der Waals surface area contributed by atoms with Crippen LogP contribution in [0.2, 0.25) is 5.02 Å². The van der Waals surface area contributed by atoms with Crippen molar-refractivity contribution in [1.82, 2.24) is 9.88 Å². The summed E-state index contributed by atoms with van der Waals surface area (Å²) < 4.78 is 18.2. The monoisotopic (exact) mass is 395 g/mol. The fourth-order valence-electron chi connectivity index (χ4n) is 2.81. The molecule has 0 amide bonds. The fraction of sp³-hybridized carbons (Fsp3) is 0.368. The van der Waals surface area contributed by atoms with E-state index in [2.05, 4.69) is 15.2 Å². The Morgan fingerprint density at radius 2 is 2.12 bits per heavy atom. The Balaban J connectivity index is 0.00000117. The maximum atomic E-state index is 13.2. The van der Waals surface area contributed by atoms with Crippen molar-refractivity contribution in [2.45, 2.75) is 26.2 Å². The van der Waals surface area contributed by atoms with Crippen LogP contribution in [0.4, 0.5) is 10.1 Å². The Morgan fingerprint density at radius 3 is 2.73 bits per heavy atom. The molecule has 1 aromatic heterocycles. The summed E-state index contributed by atoms with van der Waals surface area (Å²) in [5, 5.41) is 4.29. The highest BCUT2D eigenvalue weighted by Gasteiger charge is 2.27. The van der Waals surface area contributed by atoms with Gasteiger partial charge in [0.25, 0.3) is 0 Å². The van der Waals surface area contributed by atoms with Gasteiger partial charge >= 0.3 is 0 Å². The van der Waals surface area contributed by atoms with Crippen molar-refractivity contribution in [3.63, 3.8) is 0 Å². The van der Waals surface area contributed by atoms with Crippen molar-refractivity contribution in [2.75, 3.05) is 25.5 Å². The van der Waals surface area contributed by atoms with Crippen molar-refractivity contribution in [2.24, 2.45) is 0 Å². The van der Waals surface area contributed by atoms with Gasteiger partial charge in [-0.25, -0.2) is 9.37 Å². The van der Waals surface area contributed by atoms with E-state index < -0.39 is 0 Å². The quantitative estimate of drug-likeness (QED) is 0.732. The summed E-state index contributed by atoms with van der Waals surface area (Å²) in [4.78, 5) is 6.23. The minimum absolute atomic E-state index is 0.242. The van der Waals surface area contributed by atoms with E-state index in [1.165, 1.54) is 12.1 Å². The number of nitrogens with one attached hydrogen (secondary N) is 1. The molecule has 1 unspecified atom stereocenters. The number of nitrogens with zero attached hydrogens (tertiary/aromatic N) is 2. The molecule has 1 saturated heterocycles. The van der Waals surface area contributed by atoms with E-state index in [0.717, 1.165) is 30.8 Å². The number of methoxy groups -OCH3 is 1. The standard InChI is InChI=1S/C17H17ClFN3OS.C2H6/c1-23-16-5-3-13(9-20-16)21-17(24)22-7-6-11(10-22)14-4-2-12(19)8-15(14)18;1-2/h2-5,8-9,11H,6-7,10H2,1H3,(H,21,24);1-2H3. The second-order valence-corrected chi connectivity index (χ2v) is 6.41. The molecule has 26 heavy (non-hydrogen) atoms. The lowest BCUT2D eigenvalue weighted by atomic mass is 9.98. The van der Waals surface area contributed by atoms with Gasteiger partial charge in [0.15, 0.2) is 5.11 Å². The molecule has 0 radical (unpaired) electrons. The van der Waals surface area contributed by atoms with Crippen LogP contribution in [0.5, 0.6) is 5.88 Å². The Bertz CT molecular complexity index is 742. The first-order valence-corrected chi connectivity index (χ1v) is 9.36. The van der Waals surface area contributed by atoms with Crippen molar-refractivity contribution < 1.29 is 9.13 Å². The lowest BCUT2D eigenvalue weighted by Gasteiger charge is -2.21. The second kappa shape index (κ2) is 9.69. The smallest absolute Gasteiger partial charge is 0.213 e. The van der Waals surface area contributed by atoms with Gasteiger partial charge in [0, 0.05) is 30.1 Å². The average Bonchev–Trinajstić information content (AvgIpc) is 3.14. The van der Waals surface area contributed by atoms with Crippen LogP contribution >= 0.6 is 23.8 Å². The average molecular weight is 396 g/mol. The summed E-state index contributed by atoms with van der Waals surface area (Å²) in [6.07, 6.45) is 2.60. The van der Waals surface area contributed by atoms with Gasteiger partial charge in [-0.2, -0.15) is 0 Å². The van der Waals surface area contributed by atoms with E-state index in [1.807, 2.05) is 19.9 Å². The topological polar surface area (TPSA) is 37.4 Å². The van der Waals surface area contributed by atoms with Crippen LogP contribution in [-0.2, 0) is 0 Å². The number of rotatable bonds is 3. The second-order valence-electron chi connectivity index (χ2n) is 5.62. The minimum atomic E-state index is -0.317. The lowest BCUT2D eigenvalue weighted by molar-refractivity contribution is 0.398. The molecule has 1 aromatic carbocycles. The molecule has 1 atom stereocenters. The number of pyridine rings is 1. The van der Waals surface area contributed by atoms with Gasteiger partial charge in [-0.1, -0.05) is 31.5 Å². The summed E-state index contributed by atoms with van der Waals surface area (Å²) in [5.41, 5.74) is 1.78. The molecule has 0 bridgehead atoms. The number of hydrogen-bond acceptors (Lipinski definition) is 3. The minimum Gasteiger partial charge on any atom is -0.481 e. The number of thiocarbonyl (C=S) groups is 1. The number of hydrogen-bond donors (Lipinski definition) is 1. The molecule has 1 aliphatic heterocycles. The van der Waals surface area contributed by atoms with E-state index >= 15 is 0 Å². The van der Waals surface area contributed by atoms with Crippen LogP contribution in [-0.4, -0.2) is 35.2 Å². The van der Waals surface area contributed by atoms with Crippen molar-refractivity contribution >= 4 is 34.6 Å². The molecular weight excluding hydrogens is 373 g/mol. The lowest BCUT2D eigenvalue weighted by Crippen LogP contribution is -2.32. The van der Waals surface area contributed by atoms with E-state index in [1.54, 1.807) is 25.4 Å². The maximum Gasteiger partial charge on any atom is 0.213 e. The molecule has 1 aliphatic rings. The van der Waals surface area contributed by atoms with Crippen LogP contribution < -0.4 is 10.1 Å². The molecule has 1 N–H and O–H groups in total. The zero-order valence-corrected chi connectivity index (χ0v) is 16.7. The highest BCUT2D eigenvalue weighted by molar-refractivity contribution is 7.80. The zero-order chi connectivity index (χ0) is 19.1. The van der Waals surface area contributed by atoms with Gasteiger partial charge in [0.2, 0.25) is 5.88 Å². The highest BCUT2D eigenvalue weighted by Crippen LogP contribution is 2.32. The molecule has 3 rings (SSSR count). The molecule has 0 saturated carbocycles. The fourth-order valence-corrected chi connectivity index (χ4v) is 3.41. The molecule has 7 heteroatoms. The van der Waals surface area contributed by atoms with Crippen molar-refractivity contribution in [3.8, 4) is 5.88 Å². The van der Waals surface area contributed by atoms with Crippen LogP contribution in [0.25, 0.3) is 0 Å². The Hall–Kier alpha value is -1.92. The van der Waals surface area contributed by atoms with Gasteiger partial charge in [0.1, 0.15) is 5.82 Å². The normalized spacial score (nSPS) is 15.9. The van der Waals surface area contributed by atoms with Gasteiger partial charge in [-0.05, 0) is 42.4 Å². The molecule has 2 heterocycles. The number of halogens is 2. The highest BCUT2D eigenvalue weighted by atomic mass is 35.5. The SMILES string of the molecule is CC.COc1ccc(NC(=S)N2CCC(c3ccc(F)cc3Cl)C2)cn1. The van der Waals surface area contributed by atoms with E-state index in [-0.39, 0.29) is 11.7 Å². The van der Waals surface area contributed by atoms with Crippen LogP contribution in [0.3, 0.4) is 0 Å². The summed E-state index contributed by atoms with van der Waals surface area (Å²) in [7, 11) is 1.57. The maximum absolute atomic E-state index is 13.2. The van der Waals surface area contributed by atoms with Crippen LogP contribution in [0, 0.1) is 5.82 Å². The number of aromatic nitrogens is 1.